The molecule has 34 heavy (non-hydrogen) atoms. The van der Waals surface area contributed by atoms with Gasteiger partial charge >= 0.3 is 0 Å². The van der Waals surface area contributed by atoms with Crippen LogP contribution in [0.4, 0.5) is 5.82 Å². The molecule has 3 N–H and O–H groups in total. The Morgan fingerprint density at radius 3 is 2.68 bits per heavy atom. The molecule has 1 atom stereocenters. The number of amides is 2. The Balaban J connectivity index is 1.24. The lowest BCUT2D eigenvalue weighted by atomic mass is 10.0. The lowest BCUT2D eigenvalue weighted by Gasteiger charge is -2.32. The van der Waals surface area contributed by atoms with E-state index in [4.69, 9.17) is 0 Å². The van der Waals surface area contributed by atoms with E-state index in [1.807, 2.05) is 4.90 Å². The second-order valence-electron chi connectivity index (χ2n) is 9.33. The molecule has 2 amide bonds. The molecule has 3 heterocycles. The van der Waals surface area contributed by atoms with Crippen molar-refractivity contribution in [3.05, 3.63) is 59.3 Å². The van der Waals surface area contributed by atoms with Crippen LogP contribution in [-0.2, 0) is 17.8 Å². The van der Waals surface area contributed by atoms with Crippen LogP contribution in [-0.4, -0.2) is 76.6 Å². The average Bonchev–Trinajstić information content (AvgIpc) is 3.04. The number of fused-ring (bicyclic) bond motifs is 1. The molecular weight excluding hydrogens is 430 g/mol. The minimum absolute atomic E-state index is 0.109. The summed E-state index contributed by atoms with van der Waals surface area (Å²) in [4.78, 5) is 32.6. The molecule has 1 aromatic heterocycles. The normalized spacial score (nSPS) is 18.0. The number of nitrogens with zero attached hydrogens (tertiary/aromatic N) is 3. The summed E-state index contributed by atoms with van der Waals surface area (Å²) in [7, 11) is 0. The number of piperidine rings is 1. The predicted molar refractivity (Wildman–Crippen MR) is 132 cm³/mol. The van der Waals surface area contributed by atoms with Gasteiger partial charge in [0.2, 0.25) is 5.91 Å². The summed E-state index contributed by atoms with van der Waals surface area (Å²) >= 11 is 0. The van der Waals surface area contributed by atoms with E-state index < -0.39 is 6.10 Å². The smallest absolute Gasteiger partial charge is 0.251 e. The number of likely N-dealkylation sites (tertiary alicyclic amines) is 1. The summed E-state index contributed by atoms with van der Waals surface area (Å²) in [5.74, 6) is 0.535. The Morgan fingerprint density at radius 2 is 1.91 bits per heavy atom. The maximum atomic E-state index is 12.7. The topological polar surface area (TPSA) is 97.8 Å². The quantitative estimate of drug-likeness (QED) is 0.579. The van der Waals surface area contributed by atoms with Crippen LogP contribution in [0, 0.1) is 0 Å². The van der Waals surface area contributed by atoms with Crippen molar-refractivity contribution >= 4 is 17.6 Å². The van der Waals surface area contributed by atoms with E-state index in [9.17, 15) is 14.7 Å². The first-order chi connectivity index (χ1) is 16.5. The van der Waals surface area contributed by atoms with E-state index in [2.05, 4.69) is 44.8 Å². The molecule has 0 unspecified atom stereocenters. The maximum Gasteiger partial charge on any atom is 0.251 e. The molecule has 2 aliphatic rings. The number of β-amino-alcohol motifs (C(OH)–C–C–N with tert-alkyl or cyclic N) is 1. The van der Waals surface area contributed by atoms with Crippen molar-refractivity contribution in [2.24, 2.45) is 0 Å². The van der Waals surface area contributed by atoms with Crippen LogP contribution in [0.15, 0.2) is 42.6 Å². The number of anilines is 1. The number of carbonyl (C=O) groups is 2. The van der Waals surface area contributed by atoms with Crippen molar-refractivity contribution in [1.29, 1.82) is 0 Å². The average molecular weight is 466 g/mol. The SMILES string of the molecule is CC(=O)N1CCC(Nc2cc(C(=O)NC[C@H](O)CN3CCCc4ccccc4C3)ccn2)CC1. The van der Waals surface area contributed by atoms with E-state index in [-0.39, 0.29) is 24.4 Å². The zero-order valence-corrected chi connectivity index (χ0v) is 19.9. The lowest BCUT2D eigenvalue weighted by molar-refractivity contribution is -0.129. The summed E-state index contributed by atoms with van der Waals surface area (Å²) < 4.78 is 0. The van der Waals surface area contributed by atoms with Crippen molar-refractivity contribution < 1.29 is 14.7 Å². The van der Waals surface area contributed by atoms with Crippen LogP contribution in [0.1, 0.15) is 47.7 Å². The summed E-state index contributed by atoms with van der Waals surface area (Å²) in [6, 6.07) is 12.1. The van der Waals surface area contributed by atoms with Crippen molar-refractivity contribution in [3.63, 3.8) is 0 Å². The van der Waals surface area contributed by atoms with Gasteiger partial charge in [0, 0.05) is 57.4 Å². The third-order valence-corrected chi connectivity index (χ3v) is 6.71. The van der Waals surface area contributed by atoms with Gasteiger partial charge in [0.1, 0.15) is 5.82 Å². The minimum Gasteiger partial charge on any atom is -0.390 e. The number of aliphatic hydroxyl groups is 1. The summed E-state index contributed by atoms with van der Waals surface area (Å²) in [6.45, 7) is 5.54. The van der Waals surface area contributed by atoms with E-state index in [0.29, 0.717) is 17.9 Å². The highest BCUT2D eigenvalue weighted by Crippen LogP contribution is 2.19. The first kappa shape index (κ1) is 24.2. The molecule has 1 saturated heterocycles. The Hall–Kier alpha value is -2.97. The summed E-state index contributed by atoms with van der Waals surface area (Å²) in [5, 5.41) is 16.8. The fraction of sp³-hybridized carbons (Fsp3) is 0.500. The van der Waals surface area contributed by atoms with Crippen molar-refractivity contribution in [2.75, 3.05) is 38.0 Å². The first-order valence-corrected chi connectivity index (χ1v) is 12.2. The van der Waals surface area contributed by atoms with E-state index >= 15 is 0 Å². The summed E-state index contributed by atoms with van der Waals surface area (Å²) in [5.41, 5.74) is 3.22. The van der Waals surface area contributed by atoms with Crippen LogP contribution < -0.4 is 10.6 Å². The largest absolute Gasteiger partial charge is 0.390 e. The molecule has 0 aliphatic carbocycles. The highest BCUT2D eigenvalue weighted by Gasteiger charge is 2.21. The predicted octanol–water partition coefficient (Wildman–Crippen LogP) is 2.04. The molecule has 8 heteroatoms. The number of rotatable bonds is 7. The van der Waals surface area contributed by atoms with Crippen LogP contribution in [0.25, 0.3) is 0 Å². The Morgan fingerprint density at radius 1 is 1.15 bits per heavy atom. The molecule has 0 spiro atoms. The Kier molecular flexibility index (Phi) is 8.13. The fourth-order valence-electron chi connectivity index (χ4n) is 4.80. The molecule has 8 nitrogen and oxygen atoms in total. The standard InChI is InChI=1S/C26H35N5O3/c1-19(32)31-13-9-23(10-14-31)29-25-15-21(8-11-27-25)26(34)28-16-24(33)18-30-12-4-7-20-5-2-3-6-22(20)17-30/h2-3,5-6,8,11,15,23-24,33H,4,7,9-10,12-14,16-18H2,1H3,(H,27,29)(H,28,34)/t24-/m0/s1. The van der Waals surface area contributed by atoms with Gasteiger partial charge in [-0.25, -0.2) is 4.98 Å². The Labute approximate surface area is 201 Å². The number of aromatic nitrogens is 1. The first-order valence-electron chi connectivity index (χ1n) is 12.2. The van der Waals surface area contributed by atoms with Crippen LogP contribution >= 0.6 is 0 Å². The van der Waals surface area contributed by atoms with Gasteiger partial charge in [0.05, 0.1) is 6.10 Å². The third kappa shape index (κ3) is 6.55. The second-order valence-corrected chi connectivity index (χ2v) is 9.33. The van der Waals surface area contributed by atoms with Crippen LogP contribution in [0.3, 0.4) is 0 Å². The van der Waals surface area contributed by atoms with E-state index in [1.165, 1.54) is 11.1 Å². The van der Waals surface area contributed by atoms with Gasteiger partial charge in [-0.15, -0.1) is 0 Å². The number of hydrogen-bond donors (Lipinski definition) is 3. The van der Waals surface area contributed by atoms with Crippen molar-refractivity contribution in [1.82, 2.24) is 20.1 Å². The van der Waals surface area contributed by atoms with Gasteiger partial charge in [-0.3, -0.25) is 14.5 Å². The minimum atomic E-state index is -0.639. The lowest BCUT2D eigenvalue weighted by Crippen LogP contribution is -2.41. The zero-order valence-electron chi connectivity index (χ0n) is 19.9. The van der Waals surface area contributed by atoms with Crippen molar-refractivity contribution in [3.8, 4) is 0 Å². The van der Waals surface area contributed by atoms with E-state index in [0.717, 1.165) is 51.9 Å². The number of aryl methyl sites for hydroxylation is 1. The molecule has 0 bridgehead atoms. The van der Waals surface area contributed by atoms with Gasteiger partial charge in [-0.05, 0) is 55.5 Å². The third-order valence-electron chi connectivity index (χ3n) is 6.71. The van der Waals surface area contributed by atoms with Gasteiger partial charge in [0.15, 0.2) is 0 Å². The zero-order chi connectivity index (χ0) is 23.9. The molecular formula is C26H35N5O3. The molecule has 2 aliphatic heterocycles. The Bertz CT molecular complexity index is 990. The molecule has 2 aromatic rings. The monoisotopic (exact) mass is 465 g/mol. The molecule has 0 radical (unpaired) electrons. The number of nitrogens with one attached hydrogen (secondary N) is 2. The molecule has 0 saturated carbocycles. The maximum absolute atomic E-state index is 12.7. The van der Waals surface area contributed by atoms with Crippen LogP contribution in [0.5, 0.6) is 0 Å². The second kappa shape index (κ2) is 11.4. The van der Waals surface area contributed by atoms with Crippen LogP contribution in [0.2, 0.25) is 0 Å². The number of aliphatic hydroxyl groups excluding tert-OH is 1. The fourth-order valence-corrected chi connectivity index (χ4v) is 4.80. The summed E-state index contributed by atoms with van der Waals surface area (Å²) in [6.07, 6.45) is 4.81. The molecule has 1 aromatic carbocycles. The van der Waals surface area contributed by atoms with Gasteiger partial charge in [-0.2, -0.15) is 0 Å². The van der Waals surface area contributed by atoms with E-state index in [1.54, 1.807) is 25.3 Å². The number of hydrogen-bond acceptors (Lipinski definition) is 6. The number of benzene rings is 1. The highest BCUT2D eigenvalue weighted by atomic mass is 16.3. The highest BCUT2D eigenvalue weighted by molar-refractivity contribution is 5.94. The van der Waals surface area contributed by atoms with Gasteiger partial charge < -0.3 is 20.6 Å². The number of carbonyl (C=O) groups excluding carboxylic acids is 2. The molecule has 182 valence electrons. The van der Waals surface area contributed by atoms with Crippen molar-refractivity contribution in [2.45, 2.75) is 51.3 Å². The van der Waals surface area contributed by atoms with Gasteiger partial charge in [-0.1, -0.05) is 24.3 Å². The number of pyridine rings is 1. The molecule has 4 rings (SSSR count). The molecule has 1 fully saturated rings. The van der Waals surface area contributed by atoms with Gasteiger partial charge in [0.25, 0.3) is 5.91 Å².